The van der Waals surface area contributed by atoms with Crippen LogP contribution in [0.2, 0.25) is 0 Å². The molecule has 0 heterocycles. The van der Waals surface area contributed by atoms with E-state index < -0.39 is 0 Å². The number of hydrogen-bond donors (Lipinski definition) is 0. The summed E-state index contributed by atoms with van der Waals surface area (Å²) in [5.74, 6) is 0. The second-order valence-electron chi connectivity index (χ2n) is 2.29. The third kappa shape index (κ3) is 1.37. The Morgan fingerprint density at radius 3 is 2.33 bits per heavy atom. The van der Waals surface area contributed by atoms with E-state index in [9.17, 15) is 0 Å². The van der Waals surface area contributed by atoms with Crippen molar-refractivity contribution in [2.24, 2.45) is 0 Å². The Labute approximate surface area is 64.8 Å². The van der Waals surface area contributed by atoms with Gasteiger partial charge >= 0.3 is 64.4 Å². The van der Waals surface area contributed by atoms with Crippen molar-refractivity contribution >= 4 is 21.2 Å². The molecule has 48 valence electrons. The third-order valence-electron chi connectivity index (χ3n) is 1.65. The monoisotopic (exact) mass is 182 g/mol. The van der Waals surface area contributed by atoms with Crippen LogP contribution in [-0.2, 0) is 0 Å². The first-order chi connectivity index (χ1) is 4.22. The minimum absolute atomic E-state index is 1.40. The fourth-order valence-corrected chi connectivity index (χ4v) is 1.48. The first-order valence-electron chi connectivity index (χ1n) is 3.03. The van der Waals surface area contributed by atoms with Gasteiger partial charge in [0.05, 0.1) is 0 Å². The van der Waals surface area contributed by atoms with Gasteiger partial charge in [0.25, 0.3) is 0 Å². The van der Waals surface area contributed by atoms with Crippen LogP contribution in [-0.4, -0.2) is 16.9 Å². The summed E-state index contributed by atoms with van der Waals surface area (Å²) in [6.45, 7) is 4.32. The summed E-state index contributed by atoms with van der Waals surface area (Å²) in [7, 11) is 0. The summed E-state index contributed by atoms with van der Waals surface area (Å²) in [6.07, 6.45) is 0. The van der Waals surface area contributed by atoms with Gasteiger partial charge in [-0.1, -0.05) is 0 Å². The Balaban J connectivity index is 3.25. The molecular weight excluding hydrogens is 171 g/mol. The molecule has 0 spiro atoms. The number of benzene rings is 1. The predicted octanol–water partition coefficient (Wildman–Crippen LogP) is 0.562. The van der Waals surface area contributed by atoms with Crippen LogP contribution in [0.4, 0.5) is 0 Å². The molecule has 0 aliphatic heterocycles. The van der Waals surface area contributed by atoms with Gasteiger partial charge in [0.2, 0.25) is 0 Å². The van der Waals surface area contributed by atoms with E-state index in [2.05, 4.69) is 32.0 Å². The molecule has 0 saturated carbocycles. The second kappa shape index (κ2) is 2.58. The molecule has 0 nitrogen and oxygen atoms in total. The van der Waals surface area contributed by atoms with Crippen LogP contribution >= 0.6 is 0 Å². The van der Waals surface area contributed by atoms with Gasteiger partial charge in [0.15, 0.2) is 0 Å². The Morgan fingerprint density at radius 1 is 1.22 bits per heavy atom. The van der Waals surface area contributed by atoms with Crippen LogP contribution in [0.5, 0.6) is 0 Å². The zero-order valence-corrected chi connectivity index (χ0v) is 8.23. The van der Waals surface area contributed by atoms with Crippen molar-refractivity contribution in [1.82, 2.24) is 0 Å². The summed E-state index contributed by atoms with van der Waals surface area (Å²) in [5.41, 5.74) is 2.84. The molecule has 0 aliphatic carbocycles. The van der Waals surface area contributed by atoms with E-state index in [0.29, 0.717) is 0 Å². The molecule has 0 N–H and O–H groups in total. The van der Waals surface area contributed by atoms with Crippen molar-refractivity contribution in [3.8, 4) is 0 Å². The van der Waals surface area contributed by atoms with E-state index in [1.54, 1.807) is 16.9 Å². The van der Waals surface area contributed by atoms with Gasteiger partial charge in [0, 0.05) is 0 Å². The molecule has 1 aromatic carbocycles. The molecule has 1 rings (SSSR count). The van der Waals surface area contributed by atoms with Crippen molar-refractivity contribution in [2.45, 2.75) is 13.8 Å². The summed E-state index contributed by atoms with van der Waals surface area (Å²) >= 11 is 1.71. The predicted molar refractivity (Wildman–Crippen MR) is 44.1 cm³/mol. The van der Waals surface area contributed by atoms with Crippen molar-refractivity contribution in [3.05, 3.63) is 29.3 Å². The third-order valence-corrected chi connectivity index (χ3v) is 2.96. The molecule has 0 fully saturated rings. The van der Waals surface area contributed by atoms with Gasteiger partial charge in [-0.2, -0.15) is 0 Å². The molecule has 0 aliphatic rings. The van der Waals surface area contributed by atoms with Crippen molar-refractivity contribution < 1.29 is 0 Å². The van der Waals surface area contributed by atoms with Gasteiger partial charge < -0.3 is 0 Å². The molecule has 0 aromatic heterocycles. The molecule has 0 saturated heterocycles. The Kier molecular flexibility index (Phi) is 1.97. The summed E-state index contributed by atoms with van der Waals surface area (Å²) in [4.78, 5) is 0. The molecule has 0 bridgehead atoms. The summed E-state index contributed by atoms with van der Waals surface area (Å²) in [5, 5.41) is 0. The normalized spacial score (nSPS) is 9.67. The maximum atomic E-state index is 2.17. The van der Waals surface area contributed by atoms with E-state index in [1.165, 1.54) is 15.5 Å². The average Bonchev–Trinajstić information content (AvgIpc) is 1.83. The zero-order valence-electron chi connectivity index (χ0n) is 5.81. The van der Waals surface area contributed by atoms with Crippen LogP contribution in [0.3, 0.4) is 0 Å². The molecule has 1 heteroatoms. The van der Waals surface area contributed by atoms with Gasteiger partial charge in [-0.15, -0.1) is 0 Å². The number of hydrogen-bond acceptors (Lipinski definition) is 0. The fraction of sp³-hybridized carbons (Fsp3) is 0.250. The summed E-state index contributed by atoms with van der Waals surface area (Å²) < 4.78 is 1.45. The molecule has 0 radical (unpaired) electrons. The Hall–Kier alpha value is -0.222. The van der Waals surface area contributed by atoms with Crippen molar-refractivity contribution in [3.63, 3.8) is 0 Å². The molecule has 1 unspecified atom stereocenters. The van der Waals surface area contributed by atoms with Crippen LogP contribution in [0, 0.1) is 13.8 Å². The second-order valence-corrected chi connectivity index (χ2v) is 3.59. The number of rotatable bonds is 0. The van der Waals surface area contributed by atoms with Crippen molar-refractivity contribution in [1.29, 1.82) is 0 Å². The van der Waals surface area contributed by atoms with Gasteiger partial charge in [-0.25, -0.2) is 0 Å². The van der Waals surface area contributed by atoms with Gasteiger partial charge in [0.1, 0.15) is 0 Å². The average molecular weight is 182 g/mol. The topological polar surface area (TPSA) is 0 Å². The van der Waals surface area contributed by atoms with E-state index in [1.807, 2.05) is 0 Å². The van der Waals surface area contributed by atoms with Crippen LogP contribution in [0.25, 0.3) is 0 Å². The SMILES string of the molecule is Cc1cccc([AsH2])c1C. The van der Waals surface area contributed by atoms with E-state index >= 15 is 0 Å². The van der Waals surface area contributed by atoms with Crippen LogP contribution < -0.4 is 4.35 Å². The molecular formula is C8H11As. The zero-order chi connectivity index (χ0) is 6.85. The standard InChI is InChI=1S/C8H11As/c1-6-4-3-5-8(9)7(6)2/h3-5H,9H2,1-2H3. The van der Waals surface area contributed by atoms with E-state index in [0.717, 1.165) is 0 Å². The number of aryl methyl sites for hydroxylation is 1. The Bertz CT molecular complexity index is 196. The van der Waals surface area contributed by atoms with Crippen molar-refractivity contribution in [2.75, 3.05) is 0 Å². The van der Waals surface area contributed by atoms with Gasteiger partial charge in [-0.3, -0.25) is 0 Å². The minimum atomic E-state index is 1.40. The van der Waals surface area contributed by atoms with E-state index in [4.69, 9.17) is 0 Å². The van der Waals surface area contributed by atoms with Crippen LogP contribution in [0.15, 0.2) is 18.2 Å². The quantitative estimate of drug-likeness (QED) is 0.514. The molecule has 1 aromatic rings. The van der Waals surface area contributed by atoms with E-state index in [-0.39, 0.29) is 0 Å². The first kappa shape index (κ1) is 6.89. The van der Waals surface area contributed by atoms with Gasteiger partial charge in [-0.05, 0) is 0 Å². The van der Waals surface area contributed by atoms with Crippen LogP contribution in [0.1, 0.15) is 11.1 Å². The first-order valence-corrected chi connectivity index (χ1v) is 4.24. The maximum absolute atomic E-state index is 2.17. The molecule has 1 atom stereocenters. The Morgan fingerprint density at radius 2 is 1.89 bits per heavy atom. The molecule has 9 heavy (non-hydrogen) atoms. The molecule has 0 amide bonds. The fourth-order valence-electron chi connectivity index (χ4n) is 0.774. The summed E-state index contributed by atoms with van der Waals surface area (Å²) in [6, 6.07) is 6.43.